The highest BCUT2D eigenvalue weighted by atomic mass is 32.2. The number of hydrogen-bond donors (Lipinski definition) is 1. The Kier molecular flexibility index (Phi) is 5.91. The number of thioether (sulfide) groups is 1. The van der Waals surface area contributed by atoms with E-state index in [1.165, 1.54) is 24.3 Å². The van der Waals surface area contributed by atoms with Gasteiger partial charge < -0.3 is 5.11 Å². The molecular weight excluding hydrogens is 364 g/mol. The number of carboxylic acid groups (broad SMARTS) is 1. The molecule has 132 valence electrons. The summed E-state index contributed by atoms with van der Waals surface area (Å²) >= 11 is 6.13. The number of nitrogens with zero attached hydrogens (tertiary/aromatic N) is 2. The molecule has 1 heterocycles. The minimum absolute atomic E-state index is 0.0601. The van der Waals surface area contributed by atoms with Gasteiger partial charge in [-0.1, -0.05) is 50.0 Å². The maximum absolute atomic E-state index is 12.6. The number of nitro groups is 1. The smallest absolute Gasteiger partial charge is 0.326 e. The number of amides is 1. The fourth-order valence-corrected chi connectivity index (χ4v) is 3.78. The molecule has 1 N–H and O–H groups in total. The molecule has 0 spiro atoms. The normalized spacial score (nSPS) is 17.4. The molecule has 1 aromatic rings. The van der Waals surface area contributed by atoms with E-state index in [4.69, 9.17) is 12.2 Å². The molecule has 2 rings (SSSR count). The van der Waals surface area contributed by atoms with Gasteiger partial charge in [0, 0.05) is 6.07 Å². The standard InChI is InChI=1S/C16H16N2O5S2/c1-9(2)7-12(15(20)21)17-14(19)13(25-16(17)24)8-10-5-3-4-6-11(10)18(22)23/h3-6,8-9,12H,7H2,1-2H3,(H,20,21). The summed E-state index contributed by atoms with van der Waals surface area (Å²) in [6.45, 7) is 3.72. The minimum Gasteiger partial charge on any atom is -0.480 e. The van der Waals surface area contributed by atoms with E-state index in [2.05, 4.69) is 0 Å². The summed E-state index contributed by atoms with van der Waals surface area (Å²) < 4.78 is 0.142. The quantitative estimate of drug-likeness (QED) is 0.350. The van der Waals surface area contributed by atoms with E-state index in [1.54, 1.807) is 6.07 Å². The van der Waals surface area contributed by atoms with Crippen molar-refractivity contribution in [3.05, 3.63) is 44.8 Å². The van der Waals surface area contributed by atoms with Gasteiger partial charge in [0.25, 0.3) is 11.6 Å². The van der Waals surface area contributed by atoms with Crippen molar-refractivity contribution in [3.8, 4) is 0 Å². The van der Waals surface area contributed by atoms with Crippen molar-refractivity contribution in [2.24, 2.45) is 5.92 Å². The maximum Gasteiger partial charge on any atom is 0.326 e. The molecule has 7 nitrogen and oxygen atoms in total. The Morgan fingerprint density at radius 1 is 1.44 bits per heavy atom. The van der Waals surface area contributed by atoms with Crippen LogP contribution in [0.25, 0.3) is 6.08 Å². The summed E-state index contributed by atoms with van der Waals surface area (Å²) in [6.07, 6.45) is 1.65. The van der Waals surface area contributed by atoms with Gasteiger partial charge in [-0.15, -0.1) is 0 Å². The lowest BCUT2D eigenvalue weighted by Crippen LogP contribution is -2.44. The van der Waals surface area contributed by atoms with Crippen LogP contribution in [-0.2, 0) is 9.59 Å². The van der Waals surface area contributed by atoms with Gasteiger partial charge in [0.15, 0.2) is 0 Å². The van der Waals surface area contributed by atoms with Crippen molar-refractivity contribution >= 4 is 51.9 Å². The van der Waals surface area contributed by atoms with Crippen molar-refractivity contribution in [2.75, 3.05) is 0 Å². The van der Waals surface area contributed by atoms with Gasteiger partial charge in [-0.2, -0.15) is 0 Å². The van der Waals surface area contributed by atoms with Crippen LogP contribution < -0.4 is 0 Å². The van der Waals surface area contributed by atoms with Crippen molar-refractivity contribution in [3.63, 3.8) is 0 Å². The molecule has 9 heteroatoms. The molecule has 0 saturated carbocycles. The lowest BCUT2D eigenvalue weighted by Gasteiger charge is -2.24. The van der Waals surface area contributed by atoms with Crippen LogP contribution in [-0.4, -0.2) is 37.2 Å². The monoisotopic (exact) mass is 380 g/mol. The highest BCUT2D eigenvalue weighted by Gasteiger charge is 2.40. The number of thiocarbonyl (C=S) groups is 1. The Morgan fingerprint density at radius 3 is 2.64 bits per heavy atom. The van der Waals surface area contributed by atoms with Gasteiger partial charge in [-0.05, 0) is 24.5 Å². The zero-order chi connectivity index (χ0) is 18.7. The fraction of sp³-hybridized carbons (Fsp3) is 0.312. The van der Waals surface area contributed by atoms with Crippen LogP contribution in [0.3, 0.4) is 0 Å². The van der Waals surface area contributed by atoms with E-state index < -0.39 is 22.8 Å². The number of carbonyl (C=O) groups excluding carboxylic acids is 1. The van der Waals surface area contributed by atoms with Crippen LogP contribution in [0, 0.1) is 16.0 Å². The van der Waals surface area contributed by atoms with E-state index in [0.717, 1.165) is 16.7 Å². The second-order valence-electron chi connectivity index (χ2n) is 5.85. The number of benzene rings is 1. The Hall–Kier alpha value is -2.26. The van der Waals surface area contributed by atoms with Gasteiger partial charge in [0.1, 0.15) is 10.4 Å². The maximum atomic E-state index is 12.6. The molecule has 0 aromatic heterocycles. The Morgan fingerprint density at radius 2 is 2.08 bits per heavy atom. The summed E-state index contributed by atoms with van der Waals surface area (Å²) in [5.74, 6) is -1.61. The molecule has 1 fully saturated rings. The number of nitro benzene ring substituents is 1. The average molecular weight is 380 g/mol. The van der Waals surface area contributed by atoms with Crippen molar-refractivity contribution < 1.29 is 19.6 Å². The number of aliphatic carboxylic acids is 1. The first kappa shape index (κ1) is 19.1. The van der Waals surface area contributed by atoms with E-state index in [-0.39, 0.29) is 32.8 Å². The van der Waals surface area contributed by atoms with Crippen LogP contribution in [0.4, 0.5) is 5.69 Å². The summed E-state index contributed by atoms with van der Waals surface area (Å²) in [7, 11) is 0. The minimum atomic E-state index is -1.13. The van der Waals surface area contributed by atoms with Crippen LogP contribution >= 0.6 is 24.0 Å². The topological polar surface area (TPSA) is 101 Å². The van der Waals surface area contributed by atoms with Crippen molar-refractivity contribution in [1.29, 1.82) is 0 Å². The zero-order valence-electron chi connectivity index (χ0n) is 13.5. The molecule has 1 unspecified atom stereocenters. The van der Waals surface area contributed by atoms with Crippen LogP contribution in [0.15, 0.2) is 29.2 Å². The molecule has 0 aliphatic carbocycles. The summed E-state index contributed by atoms with van der Waals surface area (Å²) in [5.41, 5.74) is 0.133. The Labute approximate surface area is 153 Å². The second-order valence-corrected chi connectivity index (χ2v) is 7.53. The second kappa shape index (κ2) is 7.75. The molecule has 25 heavy (non-hydrogen) atoms. The molecule has 1 saturated heterocycles. The lowest BCUT2D eigenvalue weighted by molar-refractivity contribution is -0.385. The van der Waals surface area contributed by atoms with Gasteiger partial charge in [-0.3, -0.25) is 19.8 Å². The van der Waals surface area contributed by atoms with Gasteiger partial charge >= 0.3 is 5.97 Å². The number of rotatable bonds is 6. The zero-order valence-corrected chi connectivity index (χ0v) is 15.2. The Bertz CT molecular complexity index is 776. The summed E-state index contributed by atoms with van der Waals surface area (Å²) in [4.78, 5) is 36.0. The van der Waals surface area contributed by atoms with E-state index in [9.17, 15) is 24.8 Å². The largest absolute Gasteiger partial charge is 0.480 e. The predicted octanol–water partition coefficient (Wildman–Crippen LogP) is 3.30. The third-order valence-corrected chi connectivity index (χ3v) is 4.87. The molecule has 0 radical (unpaired) electrons. The van der Waals surface area contributed by atoms with Crippen LogP contribution in [0.5, 0.6) is 0 Å². The average Bonchev–Trinajstić information content (AvgIpc) is 2.79. The highest BCUT2D eigenvalue weighted by Crippen LogP contribution is 2.36. The summed E-state index contributed by atoms with van der Waals surface area (Å²) in [5, 5.41) is 20.5. The first-order valence-corrected chi connectivity index (χ1v) is 8.68. The number of carbonyl (C=O) groups is 2. The van der Waals surface area contributed by atoms with E-state index in [1.807, 2.05) is 13.8 Å². The molecule has 1 aliphatic heterocycles. The molecule has 1 atom stereocenters. The number of carboxylic acids is 1. The SMILES string of the molecule is CC(C)CC(C(=O)O)N1C(=O)C(=Cc2ccccc2[N+](=O)[O-])SC1=S. The number of para-hydroxylation sites is 1. The van der Waals surface area contributed by atoms with Crippen LogP contribution in [0.1, 0.15) is 25.8 Å². The molecule has 1 aromatic carbocycles. The van der Waals surface area contributed by atoms with Crippen molar-refractivity contribution in [1.82, 2.24) is 4.90 Å². The van der Waals surface area contributed by atoms with E-state index in [0.29, 0.717) is 0 Å². The number of hydrogen-bond acceptors (Lipinski definition) is 6. The third kappa shape index (κ3) is 4.23. The third-order valence-electron chi connectivity index (χ3n) is 3.53. The molecule has 1 amide bonds. The molecule has 1 aliphatic rings. The van der Waals surface area contributed by atoms with Crippen LogP contribution in [0.2, 0.25) is 0 Å². The fourth-order valence-electron chi connectivity index (χ4n) is 2.43. The van der Waals surface area contributed by atoms with Gasteiger partial charge in [0.2, 0.25) is 0 Å². The lowest BCUT2D eigenvalue weighted by atomic mass is 10.0. The van der Waals surface area contributed by atoms with Crippen molar-refractivity contribution in [2.45, 2.75) is 26.3 Å². The van der Waals surface area contributed by atoms with Gasteiger partial charge in [0.05, 0.1) is 15.4 Å². The molecular formula is C16H16N2O5S2. The highest BCUT2D eigenvalue weighted by molar-refractivity contribution is 8.26. The van der Waals surface area contributed by atoms with Gasteiger partial charge in [-0.25, -0.2) is 4.79 Å². The van der Waals surface area contributed by atoms with E-state index >= 15 is 0 Å². The summed E-state index contributed by atoms with van der Waals surface area (Å²) in [6, 6.07) is 4.96. The first-order chi connectivity index (χ1) is 11.7. The predicted molar refractivity (Wildman–Crippen MR) is 99.0 cm³/mol. The molecule has 0 bridgehead atoms. The first-order valence-electron chi connectivity index (χ1n) is 7.45. The Balaban J connectivity index is 2.38.